The summed E-state index contributed by atoms with van der Waals surface area (Å²) in [5.41, 5.74) is 6.05. The molecule has 4 N–H and O–H groups in total. The maximum absolute atomic E-state index is 11.9. The van der Waals surface area contributed by atoms with Gasteiger partial charge >= 0.3 is 0 Å². The van der Waals surface area contributed by atoms with E-state index in [0.717, 1.165) is 25.7 Å². The van der Waals surface area contributed by atoms with Gasteiger partial charge in [-0.25, -0.2) is 0 Å². The molecule has 0 aromatic heterocycles. The van der Waals surface area contributed by atoms with Crippen molar-refractivity contribution in [3.63, 3.8) is 0 Å². The van der Waals surface area contributed by atoms with Gasteiger partial charge in [0.2, 0.25) is 0 Å². The third-order valence-electron chi connectivity index (χ3n) is 3.96. The molecule has 1 amide bonds. The number of carbonyl (C=O) groups excluding carboxylic acids is 1. The molecule has 4 heteroatoms. The van der Waals surface area contributed by atoms with Crippen LogP contribution < -0.4 is 11.1 Å². The molecule has 1 fully saturated rings. The van der Waals surface area contributed by atoms with Crippen LogP contribution in [0.1, 0.15) is 43.0 Å². The summed E-state index contributed by atoms with van der Waals surface area (Å²) in [6.07, 6.45) is 3.56. The van der Waals surface area contributed by atoms with Crippen molar-refractivity contribution in [1.29, 1.82) is 0 Å². The van der Waals surface area contributed by atoms with Gasteiger partial charge in [0.1, 0.15) is 0 Å². The first-order chi connectivity index (χ1) is 8.98. The number of nitrogen functional groups attached to an aromatic ring is 1. The number of hydrogen-bond donors (Lipinski definition) is 3. The summed E-state index contributed by atoms with van der Waals surface area (Å²) in [6.45, 7) is 2.52. The van der Waals surface area contributed by atoms with Crippen LogP contribution >= 0.6 is 0 Å². The average Bonchev–Trinajstić information content (AvgIpc) is 2.41. The van der Waals surface area contributed by atoms with Gasteiger partial charge in [0.05, 0.1) is 5.60 Å². The lowest BCUT2D eigenvalue weighted by Gasteiger charge is -2.34. The Morgan fingerprint density at radius 2 is 1.95 bits per heavy atom. The van der Waals surface area contributed by atoms with Gasteiger partial charge in [-0.15, -0.1) is 0 Å². The minimum atomic E-state index is -0.740. The van der Waals surface area contributed by atoms with E-state index in [-0.39, 0.29) is 5.91 Å². The van der Waals surface area contributed by atoms with Crippen molar-refractivity contribution in [2.75, 3.05) is 12.3 Å². The molecular weight excluding hydrogens is 240 g/mol. The molecule has 0 radical (unpaired) electrons. The SMILES string of the molecule is CC1CCC(O)(CNC(=O)c2ccc(N)cc2)CC1. The lowest BCUT2D eigenvalue weighted by Crippen LogP contribution is -2.45. The number of benzene rings is 1. The zero-order valence-corrected chi connectivity index (χ0v) is 11.4. The largest absolute Gasteiger partial charge is 0.399 e. The number of nitrogens with two attached hydrogens (primary N) is 1. The van der Waals surface area contributed by atoms with E-state index in [2.05, 4.69) is 12.2 Å². The van der Waals surface area contributed by atoms with Crippen molar-refractivity contribution in [3.8, 4) is 0 Å². The molecule has 104 valence electrons. The summed E-state index contributed by atoms with van der Waals surface area (Å²) >= 11 is 0. The second kappa shape index (κ2) is 5.61. The predicted octanol–water partition coefficient (Wildman–Crippen LogP) is 1.94. The Labute approximate surface area is 114 Å². The molecule has 0 spiro atoms. The standard InChI is InChI=1S/C15H22N2O2/c1-11-6-8-15(19,9-7-11)10-17-14(18)12-2-4-13(16)5-3-12/h2-5,11,19H,6-10,16H2,1H3,(H,17,18). The Morgan fingerprint density at radius 1 is 1.37 bits per heavy atom. The van der Waals surface area contributed by atoms with Gasteiger partial charge in [0, 0.05) is 17.8 Å². The molecule has 0 unspecified atom stereocenters. The van der Waals surface area contributed by atoms with Crippen LogP contribution in [0.3, 0.4) is 0 Å². The Balaban J connectivity index is 1.88. The average molecular weight is 262 g/mol. The molecule has 2 rings (SSSR count). The van der Waals surface area contributed by atoms with Gasteiger partial charge in [0.15, 0.2) is 0 Å². The van der Waals surface area contributed by atoms with Crippen molar-refractivity contribution >= 4 is 11.6 Å². The molecule has 0 bridgehead atoms. The summed E-state index contributed by atoms with van der Waals surface area (Å²) in [4.78, 5) is 11.9. The van der Waals surface area contributed by atoms with E-state index in [4.69, 9.17) is 5.73 Å². The minimum absolute atomic E-state index is 0.160. The van der Waals surface area contributed by atoms with E-state index in [1.165, 1.54) is 0 Å². The number of nitrogens with one attached hydrogen (secondary N) is 1. The van der Waals surface area contributed by atoms with Crippen molar-refractivity contribution in [2.24, 2.45) is 5.92 Å². The highest BCUT2D eigenvalue weighted by atomic mass is 16.3. The van der Waals surface area contributed by atoms with Gasteiger partial charge < -0.3 is 16.2 Å². The molecule has 0 saturated heterocycles. The highest BCUT2D eigenvalue weighted by Crippen LogP contribution is 2.31. The zero-order chi connectivity index (χ0) is 13.9. The van der Waals surface area contributed by atoms with Gasteiger partial charge in [-0.1, -0.05) is 6.92 Å². The first-order valence-corrected chi connectivity index (χ1v) is 6.85. The summed E-state index contributed by atoms with van der Waals surface area (Å²) in [6, 6.07) is 6.78. The molecule has 19 heavy (non-hydrogen) atoms. The molecule has 0 heterocycles. The van der Waals surface area contributed by atoms with Crippen LogP contribution in [0.25, 0.3) is 0 Å². The quantitative estimate of drug-likeness (QED) is 0.729. The Kier molecular flexibility index (Phi) is 4.10. The summed E-state index contributed by atoms with van der Waals surface area (Å²) in [5.74, 6) is 0.514. The lowest BCUT2D eigenvalue weighted by atomic mass is 9.79. The second-order valence-corrected chi connectivity index (χ2v) is 5.71. The fraction of sp³-hybridized carbons (Fsp3) is 0.533. The second-order valence-electron chi connectivity index (χ2n) is 5.71. The zero-order valence-electron chi connectivity index (χ0n) is 11.4. The number of hydrogen-bond acceptors (Lipinski definition) is 3. The van der Waals surface area contributed by atoms with Crippen LogP contribution in [0.15, 0.2) is 24.3 Å². The molecule has 0 atom stereocenters. The normalized spacial score (nSPS) is 26.9. The highest BCUT2D eigenvalue weighted by molar-refractivity contribution is 5.94. The topological polar surface area (TPSA) is 75.3 Å². The third-order valence-corrected chi connectivity index (χ3v) is 3.96. The number of anilines is 1. The van der Waals surface area contributed by atoms with Crippen LogP contribution in [-0.4, -0.2) is 23.2 Å². The van der Waals surface area contributed by atoms with Crippen LogP contribution in [0.5, 0.6) is 0 Å². The molecule has 1 aromatic rings. The summed E-state index contributed by atoms with van der Waals surface area (Å²) in [7, 11) is 0. The number of rotatable bonds is 3. The van der Waals surface area contributed by atoms with E-state index in [1.807, 2.05) is 0 Å². The molecule has 1 aromatic carbocycles. The van der Waals surface area contributed by atoms with Crippen molar-refractivity contribution in [1.82, 2.24) is 5.32 Å². The monoisotopic (exact) mass is 262 g/mol. The Bertz CT molecular complexity index is 434. The fourth-order valence-electron chi connectivity index (χ4n) is 2.46. The van der Waals surface area contributed by atoms with Crippen molar-refractivity contribution < 1.29 is 9.90 Å². The maximum Gasteiger partial charge on any atom is 0.251 e. The van der Waals surface area contributed by atoms with Crippen LogP contribution in [0, 0.1) is 5.92 Å². The predicted molar refractivity (Wildman–Crippen MR) is 75.8 cm³/mol. The van der Waals surface area contributed by atoms with Gasteiger partial charge in [-0.2, -0.15) is 0 Å². The first kappa shape index (κ1) is 13.9. The molecule has 1 aliphatic rings. The fourth-order valence-corrected chi connectivity index (χ4v) is 2.46. The molecular formula is C15H22N2O2. The summed E-state index contributed by atoms with van der Waals surface area (Å²) < 4.78 is 0. The van der Waals surface area contributed by atoms with Crippen molar-refractivity contribution in [3.05, 3.63) is 29.8 Å². The molecule has 1 aliphatic carbocycles. The summed E-state index contributed by atoms with van der Waals surface area (Å²) in [5, 5.41) is 13.2. The molecule has 0 aliphatic heterocycles. The molecule has 1 saturated carbocycles. The third kappa shape index (κ3) is 3.70. The van der Waals surface area contributed by atoms with Crippen LogP contribution in [0.4, 0.5) is 5.69 Å². The number of amides is 1. The van der Waals surface area contributed by atoms with E-state index >= 15 is 0 Å². The van der Waals surface area contributed by atoms with E-state index in [9.17, 15) is 9.90 Å². The van der Waals surface area contributed by atoms with Crippen molar-refractivity contribution in [2.45, 2.75) is 38.2 Å². The Hall–Kier alpha value is -1.55. The number of carbonyl (C=O) groups is 1. The van der Waals surface area contributed by atoms with E-state index < -0.39 is 5.60 Å². The maximum atomic E-state index is 11.9. The smallest absolute Gasteiger partial charge is 0.251 e. The van der Waals surface area contributed by atoms with Crippen LogP contribution in [0.2, 0.25) is 0 Å². The Morgan fingerprint density at radius 3 is 2.53 bits per heavy atom. The minimum Gasteiger partial charge on any atom is -0.399 e. The van der Waals surface area contributed by atoms with E-state index in [1.54, 1.807) is 24.3 Å². The van der Waals surface area contributed by atoms with Gasteiger partial charge in [-0.3, -0.25) is 4.79 Å². The van der Waals surface area contributed by atoms with Gasteiger partial charge in [0.25, 0.3) is 5.91 Å². The van der Waals surface area contributed by atoms with Gasteiger partial charge in [-0.05, 0) is 55.9 Å². The lowest BCUT2D eigenvalue weighted by molar-refractivity contribution is -0.00539. The van der Waals surface area contributed by atoms with E-state index in [0.29, 0.717) is 23.7 Å². The van der Waals surface area contributed by atoms with Crippen LogP contribution in [-0.2, 0) is 0 Å². The number of aliphatic hydroxyl groups is 1. The first-order valence-electron chi connectivity index (χ1n) is 6.85. The molecule has 4 nitrogen and oxygen atoms in total. The highest BCUT2D eigenvalue weighted by Gasteiger charge is 2.32.